The lowest BCUT2D eigenvalue weighted by atomic mass is 9.98. The second-order valence-electron chi connectivity index (χ2n) is 6.82. The molecule has 3 aromatic rings. The highest BCUT2D eigenvalue weighted by molar-refractivity contribution is 5.99. The van der Waals surface area contributed by atoms with Gasteiger partial charge in [0.25, 0.3) is 5.91 Å². The molecule has 1 aliphatic rings. The van der Waals surface area contributed by atoms with E-state index < -0.39 is 6.04 Å². The average Bonchev–Trinajstić information content (AvgIpc) is 2.96. The van der Waals surface area contributed by atoms with Crippen LogP contribution in [0.2, 0.25) is 0 Å². The number of benzene rings is 2. The Hall–Kier alpha value is -3.34. The van der Waals surface area contributed by atoms with E-state index in [2.05, 4.69) is 6.58 Å². The molecule has 1 aromatic heterocycles. The summed E-state index contributed by atoms with van der Waals surface area (Å²) in [5.41, 5.74) is 2.43. The van der Waals surface area contributed by atoms with Gasteiger partial charge in [0, 0.05) is 6.54 Å². The summed E-state index contributed by atoms with van der Waals surface area (Å²) in [7, 11) is 0. The first-order chi connectivity index (χ1) is 13.5. The number of hydrogen-bond acceptors (Lipinski definition) is 4. The Morgan fingerprint density at radius 3 is 2.61 bits per heavy atom. The van der Waals surface area contributed by atoms with Gasteiger partial charge in [-0.05, 0) is 43.7 Å². The number of rotatable bonds is 5. The highest BCUT2D eigenvalue weighted by atomic mass is 16.5. The van der Waals surface area contributed by atoms with Crippen LogP contribution >= 0.6 is 0 Å². The van der Waals surface area contributed by atoms with Gasteiger partial charge < -0.3 is 14.1 Å². The number of fused-ring (bicyclic) bond motifs is 2. The Balaban J connectivity index is 1.93. The molecule has 0 radical (unpaired) electrons. The molecular formula is C23H21NO4. The first-order valence-electron chi connectivity index (χ1n) is 9.27. The Morgan fingerprint density at radius 1 is 1.18 bits per heavy atom. The van der Waals surface area contributed by atoms with Gasteiger partial charge in [-0.25, -0.2) is 0 Å². The molecule has 0 fully saturated rings. The Labute approximate surface area is 162 Å². The SMILES string of the molecule is C=CCN1C(=O)c2oc3ccc(C)cc3c(=O)c2[C@@H]1c1ccc(OCC)cc1. The number of carbonyl (C=O) groups excluding carboxylic acids is 1. The van der Waals surface area contributed by atoms with E-state index in [1.54, 1.807) is 23.1 Å². The molecule has 142 valence electrons. The van der Waals surface area contributed by atoms with Crippen LogP contribution in [0.5, 0.6) is 5.75 Å². The molecule has 5 heteroatoms. The van der Waals surface area contributed by atoms with E-state index in [-0.39, 0.29) is 17.1 Å². The maximum absolute atomic E-state index is 13.3. The van der Waals surface area contributed by atoms with Crippen LogP contribution in [0, 0.1) is 6.92 Å². The van der Waals surface area contributed by atoms with Crippen molar-refractivity contribution in [3.63, 3.8) is 0 Å². The molecule has 2 heterocycles. The molecule has 1 aliphatic heterocycles. The van der Waals surface area contributed by atoms with Crippen molar-refractivity contribution >= 4 is 16.9 Å². The first kappa shape index (κ1) is 18.0. The zero-order valence-corrected chi connectivity index (χ0v) is 15.9. The Morgan fingerprint density at radius 2 is 1.93 bits per heavy atom. The summed E-state index contributed by atoms with van der Waals surface area (Å²) in [5.74, 6) is 0.558. The van der Waals surface area contributed by atoms with Crippen LogP contribution in [0.4, 0.5) is 0 Å². The number of amides is 1. The summed E-state index contributed by atoms with van der Waals surface area (Å²) in [5, 5.41) is 0.489. The molecule has 0 aliphatic carbocycles. The second kappa shape index (κ2) is 7.00. The maximum Gasteiger partial charge on any atom is 0.291 e. The number of hydrogen-bond donors (Lipinski definition) is 0. The molecule has 0 spiro atoms. The molecule has 0 unspecified atom stereocenters. The van der Waals surface area contributed by atoms with Gasteiger partial charge in [0.05, 0.1) is 23.6 Å². The van der Waals surface area contributed by atoms with E-state index in [0.29, 0.717) is 29.7 Å². The van der Waals surface area contributed by atoms with Crippen molar-refractivity contribution in [3.8, 4) is 5.75 Å². The third-order valence-electron chi connectivity index (χ3n) is 4.95. The smallest absolute Gasteiger partial charge is 0.291 e. The normalized spacial score (nSPS) is 15.7. The number of nitrogens with zero attached hydrogens (tertiary/aromatic N) is 1. The summed E-state index contributed by atoms with van der Waals surface area (Å²) in [6.45, 7) is 8.48. The first-order valence-corrected chi connectivity index (χ1v) is 9.27. The lowest BCUT2D eigenvalue weighted by Crippen LogP contribution is -2.29. The van der Waals surface area contributed by atoms with Crippen LogP contribution in [0.15, 0.2) is 64.3 Å². The van der Waals surface area contributed by atoms with Crippen molar-refractivity contribution in [1.82, 2.24) is 4.90 Å². The third kappa shape index (κ3) is 2.80. The largest absolute Gasteiger partial charge is 0.494 e. The Kier molecular flexibility index (Phi) is 4.51. The fourth-order valence-corrected chi connectivity index (χ4v) is 3.72. The van der Waals surface area contributed by atoms with E-state index in [1.165, 1.54) is 0 Å². The molecule has 2 aromatic carbocycles. The quantitative estimate of drug-likeness (QED) is 0.626. The summed E-state index contributed by atoms with van der Waals surface area (Å²) in [4.78, 5) is 28.0. The summed E-state index contributed by atoms with van der Waals surface area (Å²) in [6.07, 6.45) is 1.65. The lowest BCUT2D eigenvalue weighted by molar-refractivity contribution is 0.0748. The van der Waals surface area contributed by atoms with Crippen LogP contribution < -0.4 is 10.2 Å². The third-order valence-corrected chi connectivity index (χ3v) is 4.95. The van der Waals surface area contributed by atoms with Crippen molar-refractivity contribution in [2.24, 2.45) is 0 Å². The van der Waals surface area contributed by atoms with E-state index >= 15 is 0 Å². The van der Waals surface area contributed by atoms with Crippen LogP contribution in [-0.2, 0) is 0 Å². The van der Waals surface area contributed by atoms with Crippen molar-refractivity contribution in [2.75, 3.05) is 13.2 Å². The van der Waals surface area contributed by atoms with Crippen LogP contribution in [0.1, 0.15) is 40.2 Å². The minimum Gasteiger partial charge on any atom is -0.494 e. The van der Waals surface area contributed by atoms with Crippen molar-refractivity contribution in [2.45, 2.75) is 19.9 Å². The molecule has 0 saturated carbocycles. The van der Waals surface area contributed by atoms with Crippen LogP contribution in [-0.4, -0.2) is 24.0 Å². The predicted octanol–water partition coefficient (Wildman–Crippen LogP) is 4.23. The standard InChI is InChI=1S/C23H21NO4/c1-4-12-24-20(15-7-9-16(10-8-15)27-5-2)19-21(25)17-13-14(3)6-11-18(17)28-22(19)23(24)26/h4,6-11,13,20H,1,5,12H2,2-3H3/t20-/m0/s1. The molecule has 0 N–H and O–H groups in total. The summed E-state index contributed by atoms with van der Waals surface area (Å²) in [6, 6.07) is 12.3. The fraction of sp³-hybridized carbons (Fsp3) is 0.217. The van der Waals surface area contributed by atoms with Crippen LogP contribution in [0.25, 0.3) is 11.0 Å². The topological polar surface area (TPSA) is 59.8 Å². The van der Waals surface area contributed by atoms with Gasteiger partial charge in [0.1, 0.15) is 11.3 Å². The predicted molar refractivity (Wildman–Crippen MR) is 108 cm³/mol. The monoisotopic (exact) mass is 375 g/mol. The molecule has 28 heavy (non-hydrogen) atoms. The van der Waals surface area contributed by atoms with Crippen molar-refractivity contribution < 1.29 is 13.9 Å². The molecule has 0 saturated heterocycles. The molecular weight excluding hydrogens is 354 g/mol. The molecule has 1 amide bonds. The second-order valence-corrected chi connectivity index (χ2v) is 6.82. The fourth-order valence-electron chi connectivity index (χ4n) is 3.72. The average molecular weight is 375 g/mol. The molecule has 5 nitrogen and oxygen atoms in total. The van der Waals surface area contributed by atoms with Gasteiger partial charge >= 0.3 is 0 Å². The summed E-state index contributed by atoms with van der Waals surface area (Å²) < 4.78 is 11.4. The van der Waals surface area contributed by atoms with Gasteiger partial charge in [0.2, 0.25) is 5.76 Å². The van der Waals surface area contributed by atoms with Gasteiger partial charge in [-0.2, -0.15) is 0 Å². The zero-order chi connectivity index (χ0) is 19.8. The van der Waals surface area contributed by atoms with E-state index in [1.807, 2.05) is 44.2 Å². The van der Waals surface area contributed by atoms with Crippen LogP contribution in [0.3, 0.4) is 0 Å². The molecule has 1 atom stereocenters. The van der Waals surface area contributed by atoms with Crippen molar-refractivity contribution in [1.29, 1.82) is 0 Å². The van der Waals surface area contributed by atoms with Gasteiger partial charge in [0.15, 0.2) is 5.43 Å². The zero-order valence-electron chi connectivity index (χ0n) is 15.9. The number of carbonyl (C=O) groups is 1. The van der Waals surface area contributed by atoms with E-state index in [0.717, 1.165) is 16.9 Å². The number of aryl methyl sites for hydroxylation is 1. The van der Waals surface area contributed by atoms with E-state index in [9.17, 15) is 9.59 Å². The minimum absolute atomic E-state index is 0.113. The number of ether oxygens (including phenoxy) is 1. The Bertz CT molecular complexity index is 1130. The van der Waals surface area contributed by atoms with Gasteiger partial charge in [-0.15, -0.1) is 6.58 Å². The summed E-state index contributed by atoms with van der Waals surface area (Å²) >= 11 is 0. The van der Waals surface area contributed by atoms with Gasteiger partial charge in [-0.3, -0.25) is 9.59 Å². The van der Waals surface area contributed by atoms with Gasteiger partial charge in [-0.1, -0.05) is 29.8 Å². The van der Waals surface area contributed by atoms with E-state index in [4.69, 9.17) is 9.15 Å². The maximum atomic E-state index is 13.3. The highest BCUT2D eigenvalue weighted by Gasteiger charge is 2.42. The molecule has 0 bridgehead atoms. The minimum atomic E-state index is -0.516. The lowest BCUT2D eigenvalue weighted by Gasteiger charge is -2.23. The van der Waals surface area contributed by atoms with Crippen molar-refractivity contribution in [3.05, 3.63) is 87.8 Å². The highest BCUT2D eigenvalue weighted by Crippen LogP contribution is 2.38. The molecule has 4 rings (SSSR count).